The third kappa shape index (κ3) is 2.97. The molecule has 5 heterocycles. The Kier molecular flexibility index (Phi) is 3.97. The molecule has 2 bridgehead atoms. The van der Waals surface area contributed by atoms with Crippen LogP contribution in [0.25, 0.3) is 5.65 Å². The number of piperidine rings is 1. The molecule has 0 spiro atoms. The summed E-state index contributed by atoms with van der Waals surface area (Å²) in [6.07, 6.45) is -0.570. The fraction of sp³-hybridized carbons (Fsp3) is 0.529. The number of pyridine rings is 1. The molecule has 7 nitrogen and oxygen atoms in total. The van der Waals surface area contributed by atoms with Gasteiger partial charge in [0.1, 0.15) is 11.5 Å². The highest BCUT2D eigenvalue weighted by atomic mass is 32.1. The maximum Gasteiger partial charge on any atom is 0.433 e. The molecule has 3 aromatic heterocycles. The topological polar surface area (TPSA) is 71.2 Å². The standard InChI is InChI=1S/C17H18F3N7S/c1-9-21-16(28-25-9)26-11-5-6-12(26)8-10(7-11)22-15-23-14-4-2-3-13(17(18,19)20)27(14)24-15/h2-4,10-12H,5-8H2,1H3,(H,22,24). The summed E-state index contributed by atoms with van der Waals surface area (Å²) in [4.78, 5) is 11.1. The molecule has 0 saturated carbocycles. The summed E-state index contributed by atoms with van der Waals surface area (Å²) in [7, 11) is 0. The maximum atomic E-state index is 13.2. The Balaban J connectivity index is 1.36. The summed E-state index contributed by atoms with van der Waals surface area (Å²) in [5.41, 5.74) is -0.644. The van der Waals surface area contributed by atoms with Crippen molar-refractivity contribution in [1.82, 2.24) is 24.0 Å². The predicted molar refractivity (Wildman–Crippen MR) is 98.6 cm³/mol. The third-order valence-electron chi connectivity index (χ3n) is 5.45. The Bertz CT molecular complexity index is 1000. The van der Waals surface area contributed by atoms with Crippen LogP contribution in [-0.2, 0) is 6.18 Å². The van der Waals surface area contributed by atoms with Gasteiger partial charge in [0.25, 0.3) is 0 Å². The monoisotopic (exact) mass is 409 g/mol. The number of aromatic nitrogens is 5. The van der Waals surface area contributed by atoms with E-state index in [2.05, 4.69) is 29.7 Å². The number of rotatable bonds is 3. The van der Waals surface area contributed by atoms with E-state index in [-0.39, 0.29) is 17.6 Å². The fourth-order valence-electron chi connectivity index (χ4n) is 4.36. The van der Waals surface area contributed by atoms with Gasteiger partial charge in [0, 0.05) is 29.7 Å². The Hall–Kier alpha value is -2.43. The molecule has 2 fully saturated rings. The zero-order valence-electron chi connectivity index (χ0n) is 15.0. The molecule has 1 N–H and O–H groups in total. The number of nitrogens with zero attached hydrogens (tertiary/aromatic N) is 6. The average molecular weight is 409 g/mol. The normalized spacial score (nSPS) is 24.9. The zero-order valence-corrected chi connectivity index (χ0v) is 15.8. The molecule has 2 aliphatic rings. The van der Waals surface area contributed by atoms with Gasteiger partial charge in [0.2, 0.25) is 11.1 Å². The van der Waals surface area contributed by atoms with Crippen molar-refractivity contribution in [2.75, 3.05) is 10.2 Å². The molecule has 0 aliphatic carbocycles. The van der Waals surface area contributed by atoms with Crippen molar-refractivity contribution in [3.05, 3.63) is 29.7 Å². The first-order valence-corrected chi connectivity index (χ1v) is 9.94. The highest BCUT2D eigenvalue weighted by Crippen LogP contribution is 2.40. The van der Waals surface area contributed by atoms with Gasteiger partial charge < -0.3 is 10.2 Å². The molecular formula is C17H18F3N7S. The van der Waals surface area contributed by atoms with Gasteiger partial charge in [-0.1, -0.05) is 6.07 Å². The summed E-state index contributed by atoms with van der Waals surface area (Å²) in [6, 6.07) is 4.71. The smallest absolute Gasteiger partial charge is 0.350 e. The average Bonchev–Trinajstić information content (AvgIpc) is 3.29. The van der Waals surface area contributed by atoms with Crippen LogP contribution in [0.2, 0.25) is 0 Å². The third-order valence-corrected chi connectivity index (χ3v) is 6.28. The number of hydrogen-bond donors (Lipinski definition) is 1. The van der Waals surface area contributed by atoms with Crippen LogP contribution in [0, 0.1) is 6.92 Å². The number of anilines is 2. The van der Waals surface area contributed by atoms with Crippen molar-refractivity contribution < 1.29 is 13.2 Å². The molecule has 148 valence electrons. The minimum atomic E-state index is -4.48. The van der Waals surface area contributed by atoms with Gasteiger partial charge in [-0.25, -0.2) is 9.50 Å². The first-order chi connectivity index (χ1) is 13.4. The number of hydrogen-bond acceptors (Lipinski definition) is 7. The Morgan fingerprint density at radius 2 is 1.89 bits per heavy atom. The van der Waals surface area contributed by atoms with Gasteiger partial charge >= 0.3 is 6.18 Å². The van der Waals surface area contributed by atoms with Crippen molar-refractivity contribution in [2.45, 2.75) is 56.9 Å². The van der Waals surface area contributed by atoms with Crippen molar-refractivity contribution >= 4 is 28.3 Å². The first-order valence-electron chi connectivity index (χ1n) is 9.16. The minimum absolute atomic E-state index is 0.120. The molecule has 0 amide bonds. The lowest BCUT2D eigenvalue weighted by Crippen LogP contribution is -2.47. The zero-order chi connectivity index (χ0) is 19.5. The molecule has 0 radical (unpaired) electrons. The summed E-state index contributed by atoms with van der Waals surface area (Å²) >= 11 is 1.43. The van der Waals surface area contributed by atoms with Gasteiger partial charge in [0.05, 0.1) is 0 Å². The van der Waals surface area contributed by atoms with Crippen LogP contribution in [0.1, 0.15) is 37.2 Å². The van der Waals surface area contributed by atoms with Gasteiger partial charge in [0.15, 0.2) is 5.65 Å². The van der Waals surface area contributed by atoms with E-state index in [4.69, 9.17) is 0 Å². The lowest BCUT2D eigenvalue weighted by molar-refractivity contribution is -0.142. The highest BCUT2D eigenvalue weighted by molar-refractivity contribution is 7.09. The van der Waals surface area contributed by atoms with Crippen molar-refractivity contribution in [3.8, 4) is 0 Å². The maximum absolute atomic E-state index is 13.2. The second-order valence-corrected chi connectivity index (χ2v) is 8.07. The van der Waals surface area contributed by atoms with Gasteiger partial charge in [-0.2, -0.15) is 22.5 Å². The van der Waals surface area contributed by atoms with E-state index in [1.165, 1.54) is 23.7 Å². The van der Waals surface area contributed by atoms with Crippen molar-refractivity contribution in [3.63, 3.8) is 0 Å². The fourth-order valence-corrected chi connectivity index (χ4v) is 5.18. The molecule has 2 unspecified atom stereocenters. The molecule has 28 heavy (non-hydrogen) atoms. The molecular weight excluding hydrogens is 391 g/mol. The number of nitrogens with one attached hydrogen (secondary N) is 1. The van der Waals surface area contributed by atoms with Crippen LogP contribution in [0.15, 0.2) is 18.2 Å². The summed E-state index contributed by atoms with van der Waals surface area (Å²) in [5, 5.41) is 8.28. The van der Waals surface area contributed by atoms with E-state index < -0.39 is 11.9 Å². The van der Waals surface area contributed by atoms with E-state index in [1.807, 2.05) is 6.92 Å². The van der Waals surface area contributed by atoms with Crippen molar-refractivity contribution in [1.29, 1.82) is 0 Å². The largest absolute Gasteiger partial charge is 0.433 e. The number of halogens is 3. The van der Waals surface area contributed by atoms with E-state index >= 15 is 0 Å². The Morgan fingerprint density at radius 3 is 2.54 bits per heavy atom. The SMILES string of the molecule is Cc1nsc(N2C3CCC2CC(Nc2nc4cccc(C(F)(F)F)n4n2)C3)n1. The lowest BCUT2D eigenvalue weighted by Gasteiger charge is -2.38. The van der Waals surface area contributed by atoms with Crippen LogP contribution in [-0.4, -0.2) is 42.1 Å². The molecule has 5 rings (SSSR count). The second kappa shape index (κ2) is 6.29. The lowest BCUT2D eigenvalue weighted by atomic mass is 9.98. The highest BCUT2D eigenvalue weighted by Gasteiger charge is 2.42. The van der Waals surface area contributed by atoms with Crippen LogP contribution < -0.4 is 10.2 Å². The van der Waals surface area contributed by atoms with E-state index in [0.717, 1.165) is 47.2 Å². The summed E-state index contributed by atoms with van der Waals surface area (Å²) < 4.78 is 44.7. The van der Waals surface area contributed by atoms with E-state index in [0.29, 0.717) is 12.1 Å². The number of aryl methyl sites for hydroxylation is 1. The van der Waals surface area contributed by atoms with Crippen LogP contribution >= 0.6 is 11.5 Å². The Morgan fingerprint density at radius 1 is 1.14 bits per heavy atom. The molecule has 2 aliphatic heterocycles. The quantitative estimate of drug-likeness (QED) is 0.714. The first kappa shape index (κ1) is 17.7. The predicted octanol–water partition coefficient (Wildman–Crippen LogP) is 3.52. The van der Waals surface area contributed by atoms with Gasteiger partial charge in [-0.15, -0.1) is 5.10 Å². The van der Waals surface area contributed by atoms with Gasteiger partial charge in [-0.05, 0) is 44.7 Å². The Labute approximate surface area is 162 Å². The molecule has 3 aromatic rings. The molecule has 2 saturated heterocycles. The van der Waals surface area contributed by atoms with Crippen LogP contribution in [0.5, 0.6) is 0 Å². The van der Waals surface area contributed by atoms with Gasteiger partial charge in [-0.3, -0.25) is 0 Å². The minimum Gasteiger partial charge on any atom is -0.350 e. The molecule has 0 aromatic carbocycles. The number of fused-ring (bicyclic) bond motifs is 3. The van der Waals surface area contributed by atoms with Crippen LogP contribution in [0.3, 0.4) is 0 Å². The van der Waals surface area contributed by atoms with Crippen molar-refractivity contribution in [2.24, 2.45) is 0 Å². The summed E-state index contributed by atoms with van der Waals surface area (Å²) in [5.74, 6) is 1.02. The van der Waals surface area contributed by atoms with Crippen LogP contribution in [0.4, 0.5) is 24.3 Å². The van der Waals surface area contributed by atoms with E-state index in [1.54, 1.807) is 0 Å². The summed E-state index contributed by atoms with van der Waals surface area (Å²) in [6.45, 7) is 1.89. The second-order valence-electron chi connectivity index (χ2n) is 7.34. The number of alkyl halides is 3. The molecule has 11 heteroatoms. The molecule has 2 atom stereocenters. The van der Waals surface area contributed by atoms with E-state index in [9.17, 15) is 13.2 Å².